The Morgan fingerprint density at radius 3 is 2.95 bits per heavy atom. The summed E-state index contributed by atoms with van der Waals surface area (Å²) >= 11 is 1.61. The molecule has 1 fully saturated rings. The van der Waals surface area contributed by atoms with Crippen molar-refractivity contribution in [1.82, 2.24) is 15.6 Å². The third-order valence-electron chi connectivity index (χ3n) is 3.17. The van der Waals surface area contributed by atoms with E-state index in [4.69, 9.17) is 0 Å². The number of nitrogens with zero attached hydrogens (tertiary/aromatic N) is 1. The summed E-state index contributed by atoms with van der Waals surface area (Å²) in [5.41, 5.74) is 0.934. The van der Waals surface area contributed by atoms with E-state index < -0.39 is 24.9 Å². The van der Waals surface area contributed by atoms with Gasteiger partial charge in [0.05, 0.1) is 23.3 Å². The Morgan fingerprint density at radius 1 is 1.65 bits per heavy atom. The zero-order valence-electron chi connectivity index (χ0n) is 11.6. The van der Waals surface area contributed by atoms with Crippen LogP contribution in [0, 0.1) is 0 Å². The van der Waals surface area contributed by atoms with Gasteiger partial charge in [-0.05, 0) is 0 Å². The van der Waals surface area contributed by atoms with E-state index in [1.54, 1.807) is 11.3 Å². The lowest BCUT2D eigenvalue weighted by molar-refractivity contribution is -0.123. The van der Waals surface area contributed by atoms with Crippen molar-refractivity contribution >= 4 is 17.2 Å². The van der Waals surface area contributed by atoms with Gasteiger partial charge in [0.25, 0.3) is 5.92 Å². The molecule has 2 N–H and O–H groups in total. The van der Waals surface area contributed by atoms with Gasteiger partial charge >= 0.3 is 0 Å². The molecule has 0 aliphatic carbocycles. The monoisotopic (exact) mass is 303 g/mol. The molecule has 1 aromatic heterocycles. The minimum atomic E-state index is -2.77. The Kier molecular flexibility index (Phi) is 4.70. The summed E-state index contributed by atoms with van der Waals surface area (Å²) in [4.78, 5) is 16.2. The molecule has 0 spiro atoms. The van der Waals surface area contributed by atoms with Crippen LogP contribution in [0.2, 0.25) is 0 Å². The van der Waals surface area contributed by atoms with E-state index >= 15 is 0 Å². The molecular weight excluding hydrogens is 284 g/mol. The Morgan fingerprint density at radius 2 is 2.40 bits per heavy atom. The van der Waals surface area contributed by atoms with Gasteiger partial charge in [0.1, 0.15) is 0 Å². The summed E-state index contributed by atoms with van der Waals surface area (Å²) in [6.45, 7) is 4.16. The van der Waals surface area contributed by atoms with Gasteiger partial charge in [-0.15, -0.1) is 11.3 Å². The quantitative estimate of drug-likeness (QED) is 0.874. The molecule has 1 aliphatic heterocycles. The molecule has 1 aromatic rings. The summed E-state index contributed by atoms with van der Waals surface area (Å²) < 4.78 is 25.9. The molecule has 1 atom stereocenters. The molecule has 1 saturated heterocycles. The van der Waals surface area contributed by atoms with E-state index in [1.807, 2.05) is 5.38 Å². The number of amides is 1. The summed E-state index contributed by atoms with van der Waals surface area (Å²) in [7, 11) is 0. The largest absolute Gasteiger partial charge is 0.354 e. The smallest absolute Gasteiger partial charge is 0.262 e. The second-order valence-corrected chi connectivity index (χ2v) is 6.26. The second-order valence-electron chi connectivity index (χ2n) is 5.37. The molecule has 2 heterocycles. The number of hydrogen-bond donors (Lipinski definition) is 2. The summed E-state index contributed by atoms with van der Waals surface area (Å²) in [5, 5.41) is 8.27. The number of aromatic nitrogens is 1. The van der Waals surface area contributed by atoms with E-state index in [2.05, 4.69) is 29.5 Å². The van der Waals surface area contributed by atoms with Crippen LogP contribution in [-0.2, 0) is 11.2 Å². The van der Waals surface area contributed by atoms with E-state index in [1.165, 1.54) is 0 Å². The zero-order chi connectivity index (χ0) is 14.8. The van der Waals surface area contributed by atoms with Gasteiger partial charge in [0, 0.05) is 30.7 Å². The number of alkyl halides is 2. The van der Waals surface area contributed by atoms with E-state index in [0.717, 1.165) is 10.7 Å². The fraction of sp³-hybridized carbons (Fsp3) is 0.692. The van der Waals surface area contributed by atoms with Crippen LogP contribution in [0.3, 0.4) is 0 Å². The summed E-state index contributed by atoms with van der Waals surface area (Å²) in [5.74, 6) is -2.74. The predicted octanol–water partition coefficient (Wildman–Crippen LogP) is 1.92. The highest BCUT2D eigenvalue weighted by Crippen LogP contribution is 2.25. The number of nitrogens with one attached hydrogen (secondary N) is 2. The van der Waals surface area contributed by atoms with Crippen molar-refractivity contribution in [2.24, 2.45) is 0 Å². The lowest BCUT2D eigenvalue weighted by atomic mass is 10.2. The molecule has 4 nitrogen and oxygen atoms in total. The Labute approximate surface area is 121 Å². The van der Waals surface area contributed by atoms with Crippen LogP contribution in [0.4, 0.5) is 8.78 Å². The Hall–Kier alpha value is -1.08. The molecule has 0 aromatic carbocycles. The van der Waals surface area contributed by atoms with E-state index in [0.29, 0.717) is 18.9 Å². The van der Waals surface area contributed by atoms with Crippen molar-refractivity contribution in [3.63, 3.8) is 0 Å². The number of carbonyl (C=O) groups excluding carboxylic acids is 1. The van der Waals surface area contributed by atoms with Crippen LogP contribution in [0.25, 0.3) is 0 Å². The number of hydrogen-bond acceptors (Lipinski definition) is 4. The lowest BCUT2D eigenvalue weighted by Gasteiger charge is -2.10. The van der Waals surface area contributed by atoms with Crippen molar-refractivity contribution < 1.29 is 13.6 Å². The van der Waals surface area contributed by atoms with Crippen LogP contribution in [0.5, 0.6) is 0 Å². The molecule has 20 heavy (non-hydrogen) atoms. The molecule has 1 amide bonds. The van der Waals surface area contributed by atoms with Crippen LogP contribution in [-0.4, -0.2) is 35.9 Å². The molecule has 1 unspecified atom stereocenters. The highest BCUT2D eigenvalue weighted by atomic mass is 32.1. The molecule has 1 aliphatic rings. The fourth-order valence-corrected chi connectivity index (χ4v) is 2.91. The zero-order valence-corrected chi connectivity index (χ0v) is 12.4. The molecular formula is C13H19F2N3OS. The average Bonchev–Trinajstić information content (AvgIpc) is 2.95. The molecule has 0 radical (unpaired) electrons. The second kappa shape index (κ2) is 6.13. The third kappa shape index (κ3) is 3.96. The Balaban J connectivity index is 1.74. The molecule has 0 bridgehead atoms. The topological polar surface area (TPSA) is 54.0 Å². The van der Waals surface area contributed by atoms with Gasteiger partial charge < -0.3 is 5.32 Å². The average molecular weight is 303 g/mol. The lowest BCUT2D eigenvalue weighted by Crippen LogP contribution is -2.41. The maximum Gasteiger partial charge on any atom is 0.262 e. The van der Waals surface area contributed by atoms with Gasteiger partial charge in [-0.2, -0.15) is 0 Å². The highest BCUT2D eigenvalue weighted by Gasteiger charge is 2.42. The predicted molar refractivity (Wildman–Crippen MR) is 74.3 cm³/mol. The molecule has 2 rings (SSSR count). The number of halogens is 2. The van der Waals surface area contributed by atoms with Crippen LogP contribution in [0.1, 0.15) is 36.9 Å². The van der Waals surface area contributed by atoms with Gasteiger partial charge in [0.2, 0.25) is 5.91 Å². The van der Waals surface area contributed by atoms with Gasteiger partial charge in [0.15, 0.2) is 0 Å². The minimum absolute atomic E-state index is 0.360. The van der Waals surface area contributed by atoms with E-state index in [9.17, 15) is 13.6 Å². The van der Waals surface area contributed by atoms with Crippen molar-refractivity contribution in [2.45, 2.75) is 44.6 Å². The van der Waals surface area contributed by atoms with Crippen LogP contribution >= 0.6 is 11.3 Å². The third-order valence-corrected chi connectivity index (χ3v) is 4.36. The normalized spacial score (nSPS) is 21.4. The minimum Gasteiger partial charge on any atom is -0.354 e. The molecule has 0 saturated carbocycles. The van der Waals surface area contributed by atoms with Gasteiger partial charge in [-0.1, -0.05) is 13.8 Å². The number of rotatable bonds is 5. The van der Waals surface area contributed by atoms with E-state index in [-0.39, 0.29) is 5.91 Å². The van der Waals surface area contributed by atoms with Gasteiger partial charge in [-0.3, -0.25) is 10.1 Å². The standard InChI is InChI=1S/C13H19F2N3OS/c1-8(2)12-18-9(6-20-12)3-4-16-11(19)10-5-13(14,15)7-17-10/h6,8,10,17H,3-5,7H2,1-2H3,(H,16,19). The van der Waals surface area contributed by atoms with Crippen LogP contribution in [0.15, 0.2) is 5.38 Å². The SMILES string of the molecule is CC(C)c1nc(CCNC(=O)C2CC(F)(F)CN2)cs1. The van der Waals surface area contributed by atoms with Crippen molar-refractivity contribution in [1.29, 1.82) is 0 Å². The highest BCUT2D eigenvalue weighted by molar-refractivity contribution is 7.09. The first-order valence-corrected chi connectivity index (χ1v) is 7.58. The maximum atomic E-state index is 13.0. The first-order valence-electron chi connectivity index (χ1n) is 6.70. The first kappa shape index (κ1) is 15.3. The first-order chi connectivity index (χ1) is 9.37. The van der Waals surface area contributed by atoms with Crippen molar-refractivity contribution in [2.75, 3.05) is 13.1 Å². The maximum absolute atomic E-state index is 13.0. The molecule has 112 valence electrons. The van der Waals surface area contributed by atoms with Gasteiger partial charge in [-0.25, -0.2) is 13.8 Å². The van der Waals surface area contributed by atoms with Crippen molar-refractivity contribution in [3.05, 3.63) is 16.1 Å². The number of thiazole rings is 1. The summed E-state index contributed by atoms with van der Waals surface area (Å²) in [6, 6.07) is -0.786. The van der Waals surface area contributed by atoms with Crippen molar-refractivity contribution in [3.8, 4) is 0 Å². The fourth-order valence-electron chi connectivity index (χ4n) is 2.04. The summed E-state index contributed by atoms with van der Waals surface area (Å²) in [6.07, 6.45) is 0.200. The Bertz CT molecular complexity index is 476. The molecule has 7 heteroatoms. The van der Waals surface area contributed by atoms with Crippen LogP contribution < -0.4 is 10.6 Å². The number of carbonyl (C=O) groups is 1.